The van der Waals surface area contributed by atoms with Crippen LogP contribution in [0.5, 0.6) is 0 Å². The average Bonchev–Trinajstić information content (AvgIpc) is 2.75. The van der Waals surface area contributed by atoms with E-state index in [0.29, 0.717) is 11.6 Å². The zero-order valence-corrected chi connectivity index (χ0v) is 9.36. The molecule has 0 aromatic carbocycles. The lowest BCUT2D eigenvalue weighted by atomic mass is 10.3. The molecule has 0 aliphatic heterocycles. The number of nitrogens with one attached hydrogen (secondary N) is 2. The molecular weight excluding hydrogens is 206 g/mol. The minimum atomic E-state index is 0.384. The van der Waals surface area contributed by atoms with Crippen LogP contribution in [0.15, 0.2) is 6.20 Å². The van der Waals surface area contributed by atoms with Crippen molar-refractivity contribution in [3.63, 3.8) is 0 Å². The number of fused-ring (bicyclic) bond motifs is 1. The summed E-state index contributed by atoms with van der Waals surface area (Å²) in [7, 11) is 1.98. The third-order valence-corrected chi connectivity index (χ3v) is 2.34. The van der Waals surface area contributed by atoms with Crippen LogP contribution in [0.4, 0.5) is 11.8 Å². The fourth-order valence-corrected chi connectivity index (χ4v) is 1.62. The summed E-state index contributed by atoms with van der Waals surface area (Å²) in [5, 5.41) is 7.66. The Bertz CT molecular complexity index is 478. The van der Waals surface area contributed by atoms with E-state index in [9.17, 15) is 0 Å². The molecule has 7 nitrogen and oxygen atoms in total. The lowest BCUT2D eigenvalue weighted by molar-refractivity contribution is 0.840. The topological polar surface area (TPSA) is 95.8 Å². The van der Waals surface area contributed by atoms with E-state index < -0.39 is 0 Å². The molecule has 0 fully saturated rings. The van der Waals surface area contributed by atoms with Crippen LogP contribution in [0, 0.1) is 0 Å². The molecule has 4 N–H and O–H groups in total. The number of aromatic nitrogens is 4. The van der Waals surface area contributed by atoms with Crippen LogP contribution in [0.25, 0.3) is 11.0 Å². The molecule has 0 saturated heterocycles. The van der Waals surface area contributed by atoms with Gasteiger partial charge in [-0.1, -0.05) is 6.92 Å². The summed E-state index contributed by atoms with van der Waals surface area (Å²) in [6, 6.07) is 0. The Morgan fingerprint density at radius 3 is 3.00 bits per heavy atom. The van der Waals surface area contributed by atoms with Gasteiger partial charge in [-0.3, -0.25) is 10.5 Å². The first kappa shape index (κ1) is 10.6. The highest BCUT2D eigenvalue weighted by Gasteiger charge is 2.11. The monoisotopic (exact) mass is 221 g/mol. The first-order chi connectivity index (χ1) is 7.76. The molecule has 0 aliphatic carbocycles. The van der Waals surface area contributed by atoms with Gasteiger partial charge in [0.2, 0.25) is 5.95 Å². The second-order valence-electron chi connectivity index (χ2n) is 3.57. The molecule has 0 unspecified atom stereocenters. The highest BCUT2D eigenvalue weighted by Crippen LogP contribution is 2.22. The molecule has 2 heterocycles. The van der Waals surface area contributed by atoms with Gasteiger partial charge >= 0.3 is 0 Å². The number of hydrogen-bond acceptors (Lipinski definition) is 6. The van der Waals surface area contributed by atoms with Crippen molar-refractivity contribution in [2.75, 3.05) is 23.9 Å². The van der Waals surface area contributed by atoms with Crippen LogP contribution < -0.4 is 16.2 Å². The maximum atomic E-state index is 5.32. The van der Waals surface area contributed by atoms with Crippen LogP contribution >= 0.6 is 0 Å². The number of rotatable bonds is 4. The van der Waals surface area contributed by atoms with Gasteiger partial charge in [0.25, 0.3) is 0 Å². The first-order valence-corrected chi connectivity index (χ1v) is 5.15. The van der Waals surface area contributed by atoms with Crippen LogP contribution in [0.1, 0.15) is 13.3 Å². The molecule has 0 saturated carbocycles. The van der Waals surface area contributed by atoms with Crippen molar-refractivity contribution in [3.05, 3.63) is 6.20 Å². The predicted molar refractivity (Wildman–Crippen MR) is 63.1 cm³/mol. The number of nitrogens with zero attached hydrogens (tertiary/aromatic N) is 4. The second-order valence-corrected chi connectivity index (χ2v) is 3.57. The molecule has 0 radical (unpaired) electrons. The molecule has 0 bridgehead atoms. The molecular formula is C9H15N7. The maximum Gasteiger partial charge on any atom is 0.241 e. The Balaban J connectivity index is 2.51. The summed E-state index contributed by atoms with van der Waals surface area (Å²) < 4.78 is 0. The van der Waals surface area contributed by atoms with E-state index in [-0.39, 0.29) is 0 Å². The predicted octanol–water partition coefficient (Wildman–Crippen LogP) is 0.485. The number of nitrogen functional groups attached to an aromatic ring is 1. The lowest BCUT2D eigenvalue weighted by Crippen LogP contribution is -2.21. The van der Waals surface area contributed by atoms with Gasteiger partial charge in [-0.2, -0.15) is 15.1 Å². The number of nitrogens with two attached hydrogens (primary N) is 1. The van der Waals surface area contributed by atoms with Crippen LogP contribution in [0.3, 0.4) is 0 Å². The Kier molecular flexibility index (Phi) is 2.86. The fraction of sp³-hybridized carbons (Fsp3) is 0.444. The van der Waals surface area contributed by atoms with E-state index in [4.69, 9.17) is 5.84 Å². The molecule has 0 aliphatic rings. The molecule has 2 aromatic heterocycles. The minimum Gasteiger partial charge on any atom is -0.359 e. The number of hydrogen-bond donors (Lipinski definition) is 3. The summed E-state index contributed by atoms with van der Waals surface area (Å²) >= 11 is 0. The van der Waals surface area contributed by atoms with Crippen molar-refractivity contribution >= 4 is 22.8 Å². The number of hydrazine groups is 1. The summed E-state index contributed by atoms with van der Waals surface area (Å²) in [5.74, 6) is 6.54. The van der Waals surface area contributed by atoms with E-state index in [2.05, 4.69) is 37.4 Å². The van der Waals surface area contributed by atoms with Gasteiger partial charge < -0.3 is 4.90 Å². The highest BCUT2D eigenvalue weighted by molar-refractivity contribution is 5.87. The SMILES string of the molecule is CCCN(C)c1nc(NN)nc2[nH]ncc12. The molecule has 16 heavy (non-hydrogen) atoms. The van der Waals surface area contributed by atoms with Gasteiger partial charge in [-0.25, -0.2) is 5.84 Å². The van der Waals surface area contributed by atoms with Crippen LogP contribution in [-0.2, 0) is 0 Å². The quantitative estimate of drug-likeness (QED) is 0.513. The fourth-order valence-electron chi connectivity index (χ4n) is 1.62. The van der Waals surface area contributed by atoms with Crippen molar-refractivity contribution in [1.29, 1.82) is 0 Å². The Morgan fingerprint density at radius 1 is 1.50 bits per heavy atom. The molecule has 0 spiro atoms. The largest absolute Gasteiger partial charge is 0.359 e. The molecule has 2 rings (SSSR count). The van der Waals surface area contributed by atoms with E-state index in [1.54, 1.807) is 6.20 Å². The summed E-state index contributed by atoms with van der Waals surface area (Å²) in [6.45, 7) is 3.04. The molecule has 0 amide bonds. The standard InChI is InChI=1S/C9H15N7/c1-3-4-16(2)8-6-5-11-15-7(6)12-9(13-8)14-10/h5H,3-4,10H2,1-2H3,(H2,11,12,13,14,15). The van der Waals surface area contributed by atoms with Crippen molar-refractivity contribution in [3.8, 4) is 0 Å². The molecule has 2 aromatic rings. The zero-order valence-electron chi connectivity index (χ0n) is 9.36. The first-order valence-electron chi connectivity index (χ1n) is 5.15. The Hall–Kier alpha value is -1.89. The van der Waals surface area contributed by atoms with Crippen molar-refractivity contribution in [2.45, 2.75) is 13.3 Å². The third-order valence-electron chi connectivity index (χ3n) is 2.34. The number of anilines is 2. The van der Waals surface area contributed by atoms with E-state index in [1.165, 1.54) is 0 Å². The van der Waals surface area contributed by atoms with Gasteiger partial charge in [0.1, 0.15) is 5.82 Å². The Labute approximate surface area is 93.0 Å². The lowest BCUT2D eigenvalue weighted by Gasteiger charge is -2.18. The summed E-state index contributed by atoms with van der Waals surface area (Å²) in [4.78, 5) is 10.5. The second kappa shape index (κ2) is 4.31. The van der Waals surface area contributed by atoms with E-state index in [0.717, 1.165) is 24.2 Å². The van der Waals surface area contributed by atoms with Gasteiger partial charge in [0.15, 0.2) is 5.65 Å². The van der Waals surface area contributed by atoms with Crippen LogP contribution in [-0.4, -0.2) is 33.8 Å². The highest BCUT2D eigenvalue weighted by atomic mass is 15.3. The third kappa shape index (κ3) is 1.76. The van der Waals surface area contributed by atoms with Crippen molar-refractivity contribution < 1.29 is 0 Å². The Morgan fingerprint density at radius 2 is 2.31 bits per heavy atom. The average molecular weight is 221 g/mol. The number of aromatic amines is 1. The van der Waals surface area contributed by atoms with Gasteiger partial charge in [0, 0.05) is 13.6 Å². The molecule has 0 atom stereocenters. The minimum absolute atomic E-state index is 0.384. The van der Waals surface area contributed by atoms with E-state index >= 15 is 0 Å². The van der Waals surface area contributed by atoms with Crippen molar-refractivity contribution in [2.24, 2.45) is 5.84 Å². The smallest absolute Gasteiger partial charge is 0.241 e. The molecule has 7 heteroatoms. The molecule has 86 valence electrons. The summed E-state index contributed by atoms with van der Waals surface area (Å²) in [5.41, 5.74) is 3.13. The number of H-pyrrole nitrogens is 1. The van der Waals surface area contributed by atoms with Crippen LogP contribution in [0.2, 0.25) is 0 Å². The zero-order chi connectivity index (χ0) is 11.5. The van der Waals surface area contributed by atoms with E-state index in [1.807, 2.05) is 7.05 Å². The van der Waals surface area contributed by atoms with Gasteiger partial charge in [0.05, 0.1) is 11.6 Å². The van der Waals surface area contributed by atoms with Crippen molar-refractivity contribution in [1.82, 2.24) is 20.2 Å². The van der Waals surface area contributed by atoms with Gasteiger partial charge in [-0.05, 0) is 6.42 Å². The maximum absolute atomic E-state index is 5.32. The summed E-state index contributed by atoms with van der Waals surface area (Å²) in [6.07, 6.45) is 2.77. The van der Waals surface area contributed by atoms with Gasteiger partial charge in [-0.15, -0.1) is 0 Å². The normalized spacial score (nSPS) is 10.7.